The zero-order valence-electron chi connectivity index (χ0n) is 20.3. The summed E-state index contributed by atoms with van der Waals surface area (Å²) in [6.07, 6.45) is 2.27. The molecular weight excluding hydrogens is 430 g/mol. The highest BCUT2D eigenvalue weighted by atomic mass is 16.7. The second-order valence-electron chi connectivity index (χ2n) is 9.48. The van der Waals surface area contributed by atoms with Gasteiger partial charge in [-0.3, -0.25) is 9.69 Å². The topological polar surface area (TPSA) is 63.6 Å². The van der Waals surface area contributed by atoms with Gasteiger partial charge in [-0.1, -0.05) is 23.8 Å². The summed E-state index contributed by atoms with van der Waals surface area (Å²) >= 11 is 0. The number of rotatable bonds is 5. The molecule has 2 fully saturated rings. The van der Waals surface area contributed by atoms with Crippen LogP contribution in [0.4, 0.5) is 0 Å². The van der Waals surface area contributed by atoms with E-state index in [-0.39, 0.29) is 11.9 Å². The fourth-order valence-corrected chi connectivity index (χ4v) is 5.24. The Morgan fingerprint density at radius 2 is 1.79 bits per heavy atom. The van der Waals surface area contributed by atoms with Crippen molar-refractivity contribution in [1.82, 2.24) is 9.91 Å². The molecule has 7 nitrogen and oxygen atoms in total. The van der Waals surface area contributed by atoms with Crippen LogP contribution in [0, 0.1) is 13.8 Å². The number of likely N-dealkylation sites (tertiary alicyclic amines) is 1. The summed E-state index contributed by atoms with van der Waals surface area (Å²) in [5.74, 6) is 0.394. The highest BCUT2D eigenvalue weighted by Crippen LogP contribution is 2.36. The van der Waals surface area contributed by atoms with Gasteiger partial charge in [-0.05, 0) is 54.8 Å². The minimum atomic E-state index is -0.436. The summed E-state index contributed by atoms with van der Waals surface area (Å²) < 4.78 is 17.0. The number of aryl methyl sites for hydroxylation is 2. The van der Waals surface area contributed by atoms with E-state index in [1.807, 2.05) is 24.3 Å². The van der Waals surface area contributed by atoms with Crippen molar-refractivity contribution in [1.29, 1.82) is 0 Å². The summed E-state index contributed by atoms with van der Waals surface area (Å²) in [5.41, 5.74) is 5.49. The van der Waals surface area contributed by atoms with E-state index in [1.54, 1.807) is 12.1 Å². The maximum absolute atomic E-state index is 13.6. The highest BCUT2D eigenvalue weighted by Gasteiger charge is 2.41. The predicted octanol–water partition coefficient (Wildman–Crippen LogP) is 3.83. The van der Waals surface area contributed by atoms with Crippen molar-refractivity contribution < 1.29 is 19.0 Å². The Labute approximate surface area is 201 Å². The molecule has 0 saturated carbocycles. The maximum atomic E-state index is 13.6. The van der Waals surface area contributed by atoms with Gasteiger partial charge in [0.25, 0.3) is 5.91 Å². The van der Waals surface area contributed by atoms with Gasteiger partial charge in [0.15, 0.2) is 5.79 Å². The van der Waals surface area contributed by atoms with Crippen LogP contribution in [0.2, 0.25) is 0 Å². The van der Waals surface area contributed by atoms with Crippen LogP contribution in [-0.4, -0.2) is 67.3 Å². The fourth-order valence-electron chi connectivity index (χ4n) is 5.24. The van der Waals surface area contributed by atoms with Crippen LogP contribution in [0.3, 0.4) is 0 Å². The molecule has 34 heavy (non-hydrogen) atoms. The third-order valence-electron chi connectivity index (χ3n) is 7.16. The second kappa shape index (κ2) is 9.49. The molecule has 3 aliphatic rings. The van der Waals surface area contributed by atoms with Gasteiger partial charge in [-0.15, -0.1) is 0 Å². The fraction of sp³-hybridized carbons (Fsp3) is 0.481. The summed E-state index contributed by atoms with van der Waals surface area (Å²) in [4.78, 5) is 15.8. The number of hydrogen-bond donors (Lipinski definition) is 0. The van der Waals surface area contributed by atoms with E-state index in [1.165, 1.54) is 11.1 Å². The van der Waals surface area contributed by atoms with Gasteiger partial charge in [-0.25, -0.2) is 5.01 Å². The average Bonchev–Trinajstić information content (AvgIpc) is 3.49. The van der Waals surface area contributed by atoms with Crippen LogP contribution in [0.25, 0.3) is 0 Å². The van der Waals surface area contributed by atoms with Crippen molar-refractivity contribution in [3.05, 3.63) is 64.7 Å². The van der Waals surface area contributed by atoms with Crippen LogP contribution >= 0.6 is 0 Å². The highest BCUT2D eigenvalue weighted by molar-refractivity contribution is 6.03. The molecular formula is C27H33N3O4. The third-order valence-corrected chi connectivity index (χ3v) is 7.16. The summed E-state index contributed by atoms with van der Waals surface area (Å²) in [6.45, 7) is 7.43. The molecule has 180 valence electrons. The van der Waals surface area contributed by atoms with Gasteiger partial charge in [0.05, 0.1) is 38.6 Å². The van der Waals surface area contributed by atoms with Crippen LogP contribution in [-0.2, 0) is 14.3 Å². The van der Waals surface area contributed by atoms with E-state index >= 15 is 0 Å². The molecule has 2 saturated heterocycles. The molecule has 1 atom stereocenters. The Bertz CT molecular complexity index is 1070. The minimum Gasteiger partial charge on any atom is -0.497 e. The molecule has 1 amide bonds. The number of hydrazone groups is 1. The van der Waals surface area contributed by atoms with Crippen molar-refractivity contribution in [2.45, 2.75) is 44.9 Å². The SMILES string of the molecule is COc1ccc(C2=NN(C(=O)CN3CCC4(CC3)OCCO4)C(c3ccc(C)cc3C)C2)cc1. The molecule has 0 bridgehead atoms. The lowest BCUT2D eigenvalue weighted by molar-refractivity contribution is -0.186. The van der Waals surface area contributed by atoms with Crippen molar-refractivity contribution >= 4 is 11.6 Å². The van der Waals surface area contributed by atoms with Gasteiger partial charge < -0.3 is 14.2 Å². The van der Waals surface area contributed by atoms with E-state index in [2.05, 4.69) is 36.9 Å². The second-order valence-corrected chi connectivity index (χ2v) is 9.48. The Morgan fingerprint density at radius 3 is 2.44 bits per heavy atom. The normalized spacial score (nSPS) is 22.3. The summed E-state index contributed by atoms with van der Waals surface area (Å²) in [6, 6.07) is 14.2. The molecule has 2 aromatic rings. The number of hydrogen-bond acceptors (Lipinski definition) is 6. The Hall–Kier alpha value is -2.74. The molecule has 0 aliphatic carbocycles. The molecule has 2 aromatic carbocycles. The first-order valence-corrected chi connectivity index (χ1v) is 12.1. The Balaban J connectivity index is 1.36. The van der Waals surface area contributed by atoms with E-state index in [9.17, 15) is 4.79 Å². The number of benzene rings is 2. The quantitative estimate of drug-likeness (QED) is 0.675. The first-order chi connectivity index (χ1) is 16.5. The number of amides is 1. The van der Waals surface area contributed by atoms with Crippen LogP contribution in [0.1, 0.15) is 47.6 Å². The lowest BCUT2D eigenvalue weighted by atomic mass is 9.94. The van der Waals surface area contributed by atoms with E-state index in [0.717, 1.165) is 48.5 Å². The van der Waals surface area contributed by atoms with Crippen LogP contribution in [0.5, 0.6) is 5.75 Å². The molecule has 0 aromatic heterocycles. The largest absolute Gasteiger partial charge is 0.497 e. The first-order valence-electron chi connectivity index (χ1n) is 12.1. The van der Waals surface area contributed by atoms with Gasteiger partial charge in [-0.2, -0.15) is 5.10 Å². The van der Waals surface area contributed by atoms with Gasteiger partial charge in [0.2, 0.25) is 0 Å². The zero-order valence-corrected chi connectivity index (χ0v) is 20.3. The number of carbonyl (C=O) groups is 1. The van der Waals surface area contributed by atoms with Crippen molar-refractivity contribution in [3.63, 3.8) is 0 Å². The van der Waals surface area contributed by atoms with Crippen LogP contribution in [0.15, 0.2) is 47.6 Å². The number of nitrogens with zero attached hydrogens (tertiary/aromatic N) is 3. The Morgan fingerprint density at radius 1 is 1.09 bits per heavy atom. The Kier molecular flexibility index (Phi) is 6.42. The molecule has 5 rings (SSSR count). The summed E-state index contributed by atoms with van der Waals surface area (Å²) in [7, 11) is 1.66. The van der Waals surface area contributed by atoms with Crippen molar-refractivity contribution in [2.75, 3.05) is 40.0 Å². The van der Waals surface area contributed by atoms with Gasteiger partial charge in [0, 0.05) is 32.4 Å². The number of piperidine rings is 1. The predicted molar refractivity (Wildman–Crippen MR) is 130 cm³/mol. The smallest absolute Gasteiger partial charge is 0.257 e. The molecule has 1 spiro atoms. The van der Waals surface area contributed by atoms with Crippen molar-refractivity contribution in [3.8, 4) is 5.75 Å². The van der Waals surface area contributed by atoms with E-state index < -0.39 is 5.79 Å². The van der Waals surface area contributed by atoms with Crippen molar-refractivity contribution in [2.24, 2.45) is 5.10 Å². The first kappa shape index (κ1) is 23.0. The minimum absolute atomic E-state index is 0.0256. The monoisotopic (exact) mass is 463 g/mol. The molecule has 0 radical (unpaired) electrons. The zero-order chi connectivity index (χ0) is 23.7. The maximum Gasteiger partial charge on any atom is 0.257 e. The average molecular weight is 464 g/mol. The molecule has 3 aliphatic heterocycles. The number of ether oxygens (including phenoxy) is 3. The number of carbonyl (C=O) groups excluding carboxylic acids is 1. The number of methoxy groups -OCH3 is 1. The lowest BCUT2D eigenvalue weighted by Crippen LogP contribution is -2.48. The third kappa shape index (κ3) is 4.60. The van der Waals surface area contributed by atoms with E-state index in [4.69, 9.17) is 19.3 Å². The molecule has 0 N–H and O–H groups in total. The summed E-state index contributed by atoms with van der Waals surface area (Å²) in [5, 5.41) is 6.57. The standard InChI is InChI=1S/C27H33N3O4/c1-19-4-9-23(20(2)16-19)25-17-24(21-5-7-22(32-3)8-6-21)28-30(25)26(31)18-29-12-10-27(11-13-29)33-14-15-34-27/h4-9,16,25H,10-15,17-18H2,1-3H3. The van der Waals surface area contributed by atoms with E-state index in [0.29, 0.717) is 26.2 Å². The van der Waals surface area contributed by atoms with Gasteiger partial charge in [0.1, 0.15) is 5.75 Å². The molecule has 1 unspecified atom stereocenters. The van der Waals surface area contributed by atoms with Gasteiger partial charge >= 0.3 is 0 Å². The lowest BCUT2D eigenvalue weighted by Gasteiger charge is -2.37. The molecule has 3 heterocycles. The molecule has 7 heteroatoms. The van der Waals surface area contributed by atoms with Crippen LogP contribution < -0.4 is 4.74 Å².